The number of hydrogen-bond donors (Lipinski definition) is 1. The first-order valence-corrected chi connectivity index (χ1v) is 6.51. The highest BCUT2D eigenvalue weighted by Crippen LogP contribution is 2.33. The van der Waals surface area contributed by atoms with Crippen LogP contribution in [0.4, 0.5) is 4.39 Å². The molecule has 100 valence electrons. The van der Waals surface area contributed by atoms with Crippen LogP contribution in [0, 0.1) is 12.7 Å². The van der Waals surface area contributed by atoms with E-state index in [9.17, 15) is 4.39 Å². The van der Waals surface area contributed by atoms with Gasteiger partial charge < -0.3 is 10.3 Å². The number of aromatic nitrogens is 2. The average Bonchev–Trinajstić information content (AvgIpc) is 3.00. The van der Waals surface area contributed by atoms with Crippen LogP contribution in [-0.4, -0.2) is 16.2 Å². The second-order valence-electron chi connectivity index (χ2n) is 5.12. The minimum Gasteiger partial charge on any atom is -0.339 e. The maximum Gasteiger partial charge on any atom is 0.231 e. The van der Waals surface area contributed by atoms with Crippen molar-refractivity contribution in [1.29, 1.82) is 0 Å². The molecule has 0 aliphatic heterocycles. The van der Waals surface area contributed by atoms with Crippen molar-refractivity contribution < 1.29 is 8.91 Å². The van der Waals surface area contributed by atoms with Gasteiger partial charge in [-0.2, -0.15) is 4.98 Å². The normalized spacial score (nSPS) is 22.9. The van der Waals surface area contributed by atoms with Crippen molar-refractivity contribution in [3.63, 3.8) is 0 Å². The maximum atomic E-state index is 13.3. The molecule has 1 aliphatic carbocycles. The number of benzene rings is 1. The SMILES string of the molecule is Cc1ccc(F)cc1-c1noc(C2CCCC2N)n1. The van der Waals surface area contributed by atoms with Gasteiger partial charge in [0.05, 0.1) is 5.92 Å². The molecule has 0 spiro atoms. The monoisotopic (exact) mass is 261 g/mol. The molecule has 1 aliphatic rings. The van der Waals surface area contributed by atoms with E-state index in [-0.39, 0.29) is 17.8 Å². The molecular formula is C14H16FN3O. The summed E-state index contributed by atoms with van der Waals surface area (Å²) in [5, 5.41) is 3.96. The number of hydrogen-bond acceptors (Lipinski definition) is 4. The molecule has 1 heterocycles. The van der Waals surface area contributed by atoms with Crippen LogP contribution in [0.1, 0.15) is 36.6 Å². The van der Waals surface area contributed by atoms with Crippen LogP contribution in [-0.2, 0) is 0 Å². The van der Waals surface area contributed by atoms with E-state index in [4.69, 9.17) is 10.3 Å². The molecule has 2 aromatic rings. The minimum atomic E-state index is -0.301. The second kappa shape index (κ2) is 4.74. The predicted molar refractivity (Wildman–Crippen MR) is 69.0 cm³/mol. The van der Waals surface area contributed by atoms with Crippen molar-refractivity contribution in [1.82, 2.24) is 10.1 Å². The fourth-order valence-corrected chi connectivity index (χ4v) is 2.63. The van der Waals surface area contributed by atoms with Gasteiger partial charge in [-0.05, 0) is 37.5 Å². The summed E-state index contributed by atoms with van der Waals surface area (Å²) in [6.07, 6.45) is 3.05. The highest BCUT2D eigenvalue weighted by molar-refractivity contribution is 5.59. The Kier molecular flexibility index (Phi) is 3.06. The third-order valence-corrected chi connectivity index (χ3v) is 3.77. The van der Waals surface area contributed by atoms with Crippen LogP contribution < -0.4 is 5.73 Å². The molecule has 5 heteroatoms. The first-order chi connectivity index (χ1) is 9.15. The van der Waals surface area contributed by atoms with E-state index in [0.29, 0.717) is 17.3 Å². The van der Waals surface area contributed by atoms with Gasteiger partial charge >= 0.3 is 0 Å². The molecule has 4 nitrogen and oxygen atoms in total. The van der Waals surface area contributed by atoms with Gasteiger partial charge in [-0.15, -0.1) is 0 Å². The Morgan fingerprint density at radius 2 is 2.21 bits per heavy atom. The molecule has 0 saturated heterocycles. The Morgan fingerprint density at radius 3 is 2.95 bits per heavy atom. The van der Waals surface area contributed by atoms with E-state index >= 15 is 0 Å². The third-order valence-electron chi connectivity index (χ3n) is 3.77. The van der Waals surface area contributed by atoms with Gasteiger partial charge in [0.2, 0.25) is 11.7 Å². The molecule has 2 unspecified atom stereocenters. The number of nitrogens with two attached hydrogens (primary N) is 1. The lowest BCUT2D eigenvalue weighted by Gasteiger charge is -2.08. The number of halogens is 1. The quantitative estimate of drug-likeness (QED) is 0.902. The summed E-state index contributed by atoms with van der Waals surface area (Å²) >= 11 is 0. The smallest absolute Gasteiger partial charge is 0.231 e. The molecule has 2 atom stereocenters. The summed E-state index contributed by atoms with van der Waals surface area (Å²) in [4.78, 5) is 4.39. The largest absolute Gasteiger partial charge is 0.339 e. The fraction of sp³-hybridized carbons (Fsp3) is 0.429. The van der Waals surface area contributed by atoms with Crippen molar-refractivity contribution in [3.05, 3.63) is 35.5 Å². The van der Waals surface area contributed by atoms with E-state index in [1.54, 1.807) is 6.07 Å². The Bertz CT molecular complexity index is 596. The summed E-state index contributed by atoms with van der Waals surface area (Å²) in [5.41, 5.74) is 7.61. The lowest BCUT2D eigenvalue weighted by atomic mass is 10.0. The van der Waals surface area contributed by atoms with E-state index in [0.717, 1.165) is 24.8 Å². The van der Waals surface area contributed by atoms with Gasteiger partial charge in [0.25, 0.3) is 0 Å². The van der Waals surface area contributed by atoms with Crippen molar-refractivity contribution in [2.45, 2.75) is 38.1 Å². The zero-order valence-electron chi connectivity index (χ0n) is 10.8. The Hall–Kier alpha value is -1.75. The lowest BCUT2D eigenvalue weighted by Crippen LogP contribution is -2.22. The molecule has 2 N–H and O–H groups in total. The lowest BCUT2D eigenvalue weighted by molar-refractivity contribution is 0.345. The molecule has 19 heavy (non-hydrogen) atoms. The zero-order valence-corrected chi connectivity index (χ0v) is 10.8. The molecular weight excluding hydrogens is 245 g/mol. The second-order valence-corrected chi connectivity index (χ2v) is 5.12. The van der Waals surface area contributed by atoms with Crippen LogP contribution in [0.25, 0.3) is 11.4 Å². The highest BCUT2D eigenvalue weighted by Gasteiger charge is 2.30. The van der Waals surface area contributed by atoms with Crippen molar-refractivity contribution in [2.24, 2.45) is 5.73 Å². The minimum absolute atomic E-state index is 0.0851. The van der Waals surface area contributed by atoms with Gasteiger partial charge in [-0.3, -0.25) is 0 Å². The topological polar surface area (TPSA) is 64.9 Å². The molecule has 1 aromatic heterocycles. The Morgan fingerprint density at radius 1 is 1.37 bits per heavy atom. The molecule has 0 bridgehead atoms. The molecule has 0 radical (unpaired) electrons. The van der Waals surface area contributed by atoms with E-state index in [1.165, 1.54) is 12.1 Å². The number of rotatable bonds is 2. The van der Waals surface area contributed by atoms with Crippen LogP contribution in [0.2, 0.25) is 0 Å². The summed E-state index contributed by atoms with van der Waals surface area (Å²) < 4.78 is 18.6. The third kappa shape index (κ3) is 2.26. The molecule has 0 amide bonds. The Balaban J connectivity index is 1.94. The fourth-order valence-electron chi connectivity index (χ4n) is 2.63. The first-order valence-electron chi connectivity index (χ1n) is 6.51. The van der Waals surface area contributed by atoms with Gasteiger partial charge in [0, 0.05) is 11.6 Å². The summed E-state index contributed by atoms with van der Waals surface area (Å²) in [7, 11) is 0. The van der Waals surface area contributed by atoms with Crippen molar-refractivity contribution in [2.75, 3.05) is 0 Å². The Labute approximate surface area is 110 Å². The van der Waals surface area contributed by atoms with Crippen molar-refractivity contribution in [3.8, 4) is 11.4 Å². The number of nitrogens with zero attached hydrogens (tertiary/aromatic N) is 2. The molecule has 3 rings (SSSR count). The summed E-state index contributed by atoms with van der Waals surface area (Å²) in [5.74, 6) is 0.842. The average molecular weight is 261 g/mol. The van der Waals surface area contributed by atoms with Crippen LogP contribution in [0.3, 0.4) is 0 Å². The van der Waals surface area contributed by atoms with Crippen LogP contribution in [0.5, 0.6) is 0 Å². The van der Waals surface area contributed by atoms with Gasteiger partial charge in [0.15, 0.2) is 0 Å². The standard InChI is InChI=1S/C14H16FN3O/c1-8-5-6-9(15)7-11(8)13-17-14(19-18-13)10-3-2-4-12(10)16/h5-7,10,12H,2-4,16H2,1H3. The molecule has 1 fully saturated rings. The zero-order chi connectivity index (χ0) is 13.4. The summed E-state index contributed by atoms with van der Waals surface area (Å²) in [6.45, 7) is 1.89. The first kappa shape index (κ1) is 12.3. The number of aryl methyl sites for hydroxylation is 1. The van der Waals surface area contributed by atoms with Crippen LogP contribution >= 0.6 is 0 Å². The molecule has 1 aromatic carbocycles. The van der Waals surface area contributed by atoms with Gasteiger partial charge in [-0.25, -0.2) is 4.39 Å². The maximum absolute atomic E-state index is 13.3. The van der Waals surface area contributed by atoms with Gasteiger partial charge in [0.1, 0.15) is 5.82 Å². The van der Waals surface area contributed by atoms with Crippen molar-refractivity contribution >= 4 is 0 Å². The van der Waals surface area contributed by atoms with Gasteiger partial charge in [-0.1, -0.05) is 17.6 Å². The van der Waals surface area contributed by atoms with E-state index in [2.05, 4.69) is 10.1 Å². The highest BCUT2D eigenvalue weighted by atomic mass is 19.1. The van der Waals surface area contributed by atoms with E-state index < -0.39 is 0 Å². The molecule has 1 saturated carbocycles. The van der Waals surface area contributed by atoms with Crippen LogP contribution in [0.15, 0.2) is 22.7 Å². The van der Waals surface area contributed by atoms with E-state index in [1.807, 2.05) is 6.92 Å². The predicted octanol–water partition coefficient (Wildman–Crippen LogP) is 2.78. The summed E-state index contributed by atoms with van der Waals surface area (Å²) in [6, 6.07) is 4.65.